The van der Waals surface area contributed by atoms with Crippen LogP contribution in [0.15, 0.2) is 36.5 Å². The first-order chi connectivity index (χ1) is 13.3. The Hall–Kier alpha value is -3.00. The highest BCUT2D eigenvalue weighted by Gasteiger charge is 2.38. The second kappa shape index (κ2) is 6.87. The quantitative estimate of drug-likeness (QED) is 0.644. The summed E-state index contributed by atoms with van der Waals surface area (Å²) in [7, 11) is 0. The molecule has 1 atom stereocenters. The molecular formula is C19H13ClF3N3O2. The normalized spacial score (nSPS) is 16.9. The van der Waals surface area contributed by atoms with Gasteiger partial charge in [0.15, 0.2) is 11.6 Å². The Balaban J connectivity index is 1.54. The second-order valence-corrected chi connectivity index (χ2v) is 6.85. The Morgan fingerprint density at radius 2 is 1.79 bits per heavy atom. The van der Waals surface area contributed by atoms with Gasteiger partial charge < -0.3 is 10.3 Å². The van der Waals surface area contributed by atoms with Crippen molar-refractivity contribution in [2.24, 2.45) is 0 Å². The van der Waals surface area contributed by atoms with Crippen LogP contribution in [-0.4, -0.2) is 27.9 Å². The molecule has 0 spiro atoms. The Bertz CT molecular complexity index is 1120. The Morgan fingerprint density at radius 3 is 2.54 bits per heavy atom. The topological polar surface area (TPSA) is 65.2 Å². The van der Waals surface area contributed by atoms with Gasteiger partial charge in [0, 0.05) is 18.0 Å². The summed E-state index contributed by atoms with van der Waals surface area (Å²) in [4.78, 5) is 28.6. The molecule has 2 heterocycles. The van der Waals surface area contributed by atoms with Gasteiger partial charge in [0.05, 0.1) is 12.1 Å². The first kappa shape index (κ1) is 18.4. The molecule has 1 aromatic heterocycles. The Labute approximate surface area is 162 Å². The van der Waals surface area contributed by atoms with Gasteiger partial charge in [0.25, 0.3) is 5.91 Å². The van der Waals surface area contributed by atoms with Crippen LogP contribution in [-0.2, 0) is 17.8 Å². The third kappa shape index (κ3) is 3.09. The van der Waals surface area contributed by atoms with Crippen molar-refractivity contribution < 1.29 is 22.8 Å². The lowest BCUT2D eigenvalue weighted by molar-refractivity contribution is -0.127. The van der Waals surface area contributed by atoms with Crippen LogP contribution < -0.4 is 5.32 Å². The van der Waals surface area contributed by atoms with Gasteiger partial charge in [-0.05, 0) is 35.4 Å². The van der Waals surface area contributed by atoms with Crippen LogP contribution in [0.3, 0.4) is 0 Å². The van der Waals surface area contributed by atoms with E-state index in [1.807, 2.05) is 0 Å². The smallest absolute Gasteiger partial charge is 0.325 e. The molecule has 0 aliphatic carbocycles. The van der Waals surface area contributed by atoms with Gasteiger partial charge in [-0.2, -0.15) is 0 Å². The van der Waals surface area contributed by atoms with Gasteiger partial charge >= 0.3 is 6.03 Å². The molecule has 28 heavy (non-hydrogen) atoms. The standard InChI is InChI=1S/C19H13ClF3N3O2/c20-16-13(22)4-2-11-10(7-24-17(11)16)6-15-18(27)26(19(28)25-15)8-9-1-3-12(21)14(23)5-9/h1-5,7,15,24H,6,8H2,(H,25,28)/t15-/m1/s1. The number of amides is 3. The third-order valence-corrected chi connectivity index (χ3v) is 5.06. The summed E-state index contributed by atoms with van der Waals surface area (Å²) in [6.45, 7) is -0.177. The number of fused-ring (bicyclic) bond motifs is 1. The summed E-state index contributed by atoms with van der Waals surface area (Å²) in [6.07, 6.45) is 1.77. The van der Waals surface area contributed by atoms with Crippen molar-refractivity contribution in [1.29, 1.82) is 0 Å². The van der Waals surface area contributed by atoms with Crippen LogP contribution in [0.1, 0.15) is 11.1 Å². The van der Waals surface area contributed by atoms with Gasteiger partial charge in [-0.1, -0.05) is 17.7 Å². The van der Waals surface area contributed by atoms with Crippen molar-refractivity contribution in [2.45, 2.75) is 19.0 Å². The number of imide groups is 1. The molecule has 144 valence electrons. The zero-order valence-corrected chi connectivity index (χ0v) is 15.0. The molecule has 2 N–H and O–H groups in total. The number of benzene rings is 2. The lowest BCUT2D eigenvalue weighted by Gasteiger charge is -2.13. The van der Waals surface area contributed by atoms with Gasteiger partial charge in [0.1, 0.15) is 16.9 Å². The van der Waals surface area contributed by atoms with Gasteiger partial charge in [-0.15, -0.1) is 0 Å². The molecule has 0 radical (unpaired) electrons. The number of aromatic nitrogens is 1. The number of urea groups is 1. The summed E-state index contributed by atoms with van der Waals surface area (Å²) < 4.78 is 40.0. The maximum absolute atomic E-state index is 13.6. The van der Waals surface area contributed by atoms with E-state index in [2.05, 4.69) is 10.3 Å². The summed E-state index contributed by atoms with van der Waals surface area (Å²) in [5, 5.41) is 3.17. The second-order valence-electron chi connectivity index (χ2n) is 6.48. The molecule has 9 heteroatoms. The average Bonchev–Trinajstić information content (AvgIpc) is 3.18. The molecule has 1 saturated heterocycles. The molecule has 0 saturated carbocycles. The van der Waals surface area contributed by atoms with E-state index in [4.69, 9.17) is 11.6 Å². The van der Waals surface area contributed by atoms with Crippen molar-refractivity contribution >= 4 is 34.4 Å². The van der Waals surface area contributed by atoms with Crippen LogP contribution in [0.4, 0.5) is 18.0 Å². The third-order valence-electron chi connectivity index (χ3n) is 4.69. The zero-order valence-electron chi connectivity index (χ0n) is 14.2. The summed E-state index contributed by atoms with van der Waals surface area (Å²) >= 11 is 5.94. The SMILES string of the molecule is O=C1N[C@H](Cc2c[nH]c3c(Cl)c(F)ccc23)C(=O)N1Cc1ccc(F)c(F)c1. The number of carbonyl (C=O) groups is 2. The van der Waals surface area contributed by atoms with Gasteiger partial charge in [0.2, 0.25) is 0 Å². The number of nitrogens with one attached hydrogen (secondary N) is 2. The number of aromatic amines is 1. The molecular weight excluding hydrogens is 395 g/mol. The zero-order chi connectivity index (χ0) is 20.0. The molecule has 3 amide bonds. The number of carbonyl (C=O) groups excluding carboxylic acids is 2. The van der Waals surface area contributed by atoms with E-state index in [0.717, 1.165) is 17.0 Å². The predicted octanol–water partition coefficient (Wildman–Crippen LogP) is 3.90. The molecule has 0 bridgehead atoms. The van der Waals surface area contributed by atoms with Crippen LogP contribution >= 0.6 is 11.6 Å². The maximum atomic E-state index is 13.6. The Morgan fingerprint density at radius 1 is 1.04 bits per heavy atom. The minimum absolute atomic E-state index is 0.0505. The van der Waals surface area contributed by atoms with Crippen LogP contribution in [0.2, 0.25) is 5.02 Å². The fourth-order valence-electron chi connectivity index (χ4n) is 3.27. The lowest BCUT2D eigenvalue weighted by atomic mass is 10.0. The van der Waals surface area contributed by atoms with Crippen LogP contribution in [0, 0.1) is 17.5 Å². The molecule has 1 aliphatic heterocycles. The number of hydrogen-bond donors (Lipinski definition) is 2. The molecule has 3 aromatic rings. The predicted molar refractivity (Wildman–Crippen MR) is 96.2 cm³/mol. The Kier molecular flexibility index (Phi) is 4.50. The number of rotatable bonds is 4. The molecule has 1 fully saturated rings. The first-order valence-corrected chi connectivity index (χ1v) is 8.72. The summed E-state index contributed by atoms with van der Waals surface area (Å²) in [5.74, 6) is -3.11. The minimum Gasteiger partial charge on any atom is -0.360 e. The largest absolute Gasteiger partial charge is 0.360 e. The van der Waals surface area contributed by atoms with E-state index in [0.29, 0.717) is 16.5 Å². The monoisotopic (exact) mass is 407 g/mol. The molecule has 4 rings (SSSR count). The summed E-state index contributed by atoms with van der Waals surface area (Å²) in [6, 6.07) is 4.51. The number of H-pyrrole nitrogens is 1. The number of hydrogen-bond acceptors (Lipinski definition) is 2. The molecule has 2 aromatic carbocycles. The van der Waals surface area contributed by atoms with Crippen molar-refractivity contribution in [2.75, 3.05) is 0 Å². The summed E-state index contributed by atoms with van der Waals surface area (Å²) in [5.41, 5.74) is 1.38. The molecule has 1 aliphatic rings. The fraction of sp³-hybridized carbons (Fsp3) is 0.158. The maximum Gasteiger partial charge on any atom is 0.325 e. The van der Waals surface area contributed by atoms with Crippen molar-refractivity contribution in [3.8, 4) is 0 Å². The minimum atomic E-state index is -1.05. The molecule has 0 unspecified atom stereocenters. The molecule has 5 nitrogen and oxygen atoms in total. The van der Waals surface area contributed by atoms with Crippen molar-refractivity contribution in [3.05, 3.63) is 70.1 Å². The van der Waals surface area contributed by atoms with E-state index >= 15 is 0 Å². The fourth-order valence-corrected chi connectivity index (χ4v) is 3.49. The van der Waals surface area contributed by atoms with E-state index in [1.54, 1.807) is 12.3 Å². The number of halogens is 4. The van der Waals surface area contributed by atoms with Gasteiger partial charge in [-0.3, -0.25) is 9.69 Å². The van der Waals surface area contributed by atoms with E-state index in [-0.39, 0.29) is 23.6 Å². The average molecular weight is 408 g/mol. The van der Waals surface area contributed by atoms with Crippen molar-refractivity contribution in [3.63, 3.8) is 0 Å². The van der Waals surface area contributed by atoms with E-state index in [1.165, 1.54) is 12.1 Å². The highest BCUT2D eigenvalue weighted by molar-refractivity contribution is 6.35. The van der Waals surface area contributed by atoms with E-state index < -0.39 is 35.4 Å². The number of nitrogens with zero attached hydrogens (tertiary/aromatic N) is 1. The lowest BCUT2D eigenvalue weighted by Crippen LogP contribution is -2.32. The highest BCUT2D eigenvalue weighted by atomic mass is 35.5. The van der Waals surface area contributed by atoms with Crippen molar-refractivity contribution in [1.82, 2.24) is 15.2 Å². The first-order valence-electron chi connectivity index (χ1n) is 8.35. The van der Waals surface area contributed by atoms with Gasteiger partial charge in [-0.25, -0.2) is 18.0 Å². The van der Waals surface area contributed by atoms with Crippen LogP contribution in [0.25, 0.3) is 10.9 Å². The van der Waals surface area contributed by atoms with E-state index in [9.17, 15) is 22.8 Å². The van der Waals surface area contributed by atoms with Crippen LogP contribution in [0.5, 0.6) is 0 Å². The highest BCUT2D eigenvalue weighted by Crippen LogP contribution is 2.29.